The minimum Gasteiger partial charge on any atom is -0.390 e. The first-order valence-electron chi connectivity index (χ1n) is 2.56. The quantitative estimate of drug-likeness (QED) is 0.679. The molecule has 0 aliphatic carbocycles. The summed E-state index contributed by atoms with van der Waals surface area (Å²) in [6.45, 7) is 0.0287. The molecule has 0 atom stereocenters. The number of rotatable bonds is 2. The van der Waals surface area contributed by atoms with Gasteiger partial charge in [0.15, 0.2) is 0 Å². The van der Waals surface area contributed by atoms with Gasteiger partial charge in [0.1, 0.15) is 0 Å². The normalized spacial score (nSPS) is 10.0. The van der Waals surface area contributed by atoms with Gasteiger partial charge in [0, 0.05) is 10.9 Å². The summed E-state index contributed by atoms with van der Waals surface area (Å²) in [7, 11) is 0. The molecule has 3 nitrogen and oxygen atoms in total. The van der Waals surface area contributed by atoms with Crippen molar-refractivity contribution in [1.29, 1.82) is 0 Å². The van der Waals surface area contributed by atoms with Crippen LogP contribution in [-0.2, 0) is 11.9 Å². The van der Waals surface area contributed by atoms with Gasteiger partial charge in [0.25, 0.3) is 0 Å². The van der Waals surface area contributed by atoms with E-state index < -0.39 is 0 Å². The smallest absolute Gasteiger partial charge is 0.0850 e. The van der Waals surface area contributed by atoms with E-state index in [9.17, 15) is 0 Å². The number of H-pyrrole nitrogens is 1. The minimum absolute atomic E-state index is 0.0287. The van der Waals surface area contributed by atoms with Crippen molar-refractivity contribution in [2.75, 3.05) is 0 Å². The second kappa shape index (κ2) is 2.98. The molecule has 1 aromatic rings. The Kier molecular flexibility index (Phi) is 2.24. The molecule has 1 rings (SSSR count). The molecule has 0 unspecified atom stereocenters. The fraction of sp³-hybridized carbons (Fsp3) is 0.400. The number of halogens is 1. The second-order valence-electron chi connectivity index (χ2n) is 1.67. The van der Waals surface area contributed by atoms with Crippen LogP contribution in [0.3, 0.4) is 0 Å². The van der Waals surface area contributed by atoms with Crippen molar-refractivity contribution < 1.29 is 5.11 Å². The number of aromatic nitrogens is 2. The maximum absolute atomic E-state index is 8.65. The molecule has 0 bridgehead atoms. The number of nitrogens with one attached hydrogen (secondary N) is 1. The number of hydrogen-bond acceptors (Lipinski definition) is 2. The highest BCUT2D eigenvalue weighted by Gasteiger charge is 1.99. The first kappa shape index (κ1) is 6.77. The topological polar surface area (TPSA) is 48.9 Å². The van der Waals surface area contributed by atoms with Gasteiger partial charge in [0.2, 0.25) is 0 Å². The lowest BCUT2D eigenvalue weighted by atomic mass is 10.3. The molecule has 1 aromatic heterocycles. The molecule has 0 aliphatic heterocycles. The number of nitrogens with zero attached hydrogens (tertiary/aromatic N) is 1. The van der Waals surface area contributed by atoms with Crippen LogP contribution in [0.25, 0.3) is 0 Å². The Morgan fingerprint density at radius 1 is 1.78 bits per heavy atom. The summed E-state index contributed by atoms with van der Waals surface area (Å²) in [6, 6.07) is 0. The van der Waals surface area contributed by atoms with Crippen LogP contribution >= 0.6 is 15.9 Å². The Balaban J connectivity index is 2.85. The molecule has 4 heteroatoms. The van der Waals surface area contributed by atoms with Gasteiger partial charge in [-0.1, -0.05) is 15.9 Å². The number of alkyl halides is 1. The summed E-state index contributed by atoms with van der Waals surface area (Å²) in [6.07, 6.45) is 1.69. The summed E-state index contributed by atoms with van der Waals surface area (Å²) < 4.78 is 0. The van der Waals surface area contributed by atoms with Crippen molar-refractivity contribution in [3.8, 4) is 0 Å². The van der Waals surface area contributed by atoms with Gasteiger partial charge in [-0.3, -0.25) is 5.10 Å². The highest BCUT2D eigenvalue weighted by molar-refractivity contribution is 9.08. The van der Waals surface area contributed by atoms with Gasteiger partial charge < -0.3 is 5.11 Å². The molecule has 1 heterocycles. The molecular weight excluding hydrogens is 184 g/mol. The molecule has 0 aliphatic rings. The van der Waals surface area contributed by atoms with E-state index in [0.29, 0.717) is 0 Å². The zero-order valence-electron chi connectivity index (χ0n) is 4.76. The maximum Gasteiger partial charge on any atom is 0.0850 e. The van der Waals surface area contributed by atoms with E-state index in [2.05, 4.69) is 26.1 Å². The average Bonchev–Trinajstić information content (AvgIpc) is 2.33. The molecule has 0 saturated heterocycles. The van der Waals surface area contributed by atoms with Crippen molar-refractivity contribution >= 4 is 15.9 Å². The molecule has 0 amide bonds. The van der Waals surface area contributed by atoms with Crippen LogP contribution in [-0.4, -0.2) is 15.3 Å². The molecule has 50 valence electrons. The highest BCUT2D eigenvalue weighted by atomic mass is 79.9. The fourth-order valence-corrected chi connectivity index (χ4v) is 1.07. The lowest BCUT2D eigenvalue weighted by Crippen LogP contribution is -1.86. The van der Waals surface area contributed by atoms with Gasteiger partial charge in [-0.05, 0) is 0 Å². The van der Waals surface area contributed by atoms with Crippen molar-refractivity contribution in [2.24, 2.45) is 0 Å². The second-order valence-corrected chi connectivity index (χ2v) is 2.23. The highest BCUT2D eigenvalue weighted by Crippen LogP contribution is 2.07. The predicted molar refractivity (Wildman–Crippen MR) is 37.1 cm³/mol. The molecule has 0 radical (unpaired) electrons. The van der Waals surface area contributed by atoms with Crippen LogP contribution in [0.1, 0.15) is 11.3 Å². The number of aromatic amines is 1. The lowest BCUT2D eigenvalue weighted by molar-refractivity contribution is 0.276. The molecular formula is C5H7BrN2O. The van der Waals surface area contributed by atoms with E-state index in [0.717, 1.165) is 16.6 Å². The third kappa shape index (κ3) is 1.31. The van der Waals surface area contributed by atoms with Crippen molar-refractivity contribution in [2.45, 2.75) is 11.9 Å². The van der Waals surface area contributed by atoms with Gasteiger partial charge in [0.05, 0.1) is 18.5 Å². The molecule has 2 N–H and O–H groups in total. The summed E-state index contributed by atoms with van der Waals surface area (Å²) >= 11 is 3.26. The Labute approximate surface area is 61.2 Å². The monoisotopic (exact) mass is 190 g/mol. The van der Waals surface area contributed by atoms with Crippen molar-refractivity contribution in [3.05, 3.63) is 17.5 Å². The average molecular weight is 191 g/mol. The van der Waals surface area contributed by atoms with Crippen LogP contribution in [0.15, 0.2) is 6.20 Å². The first-order valence-corrected chi connectivity index (χ1v) is 3.68. The largest absolute Gasteiger partial charge is 0.390 e. The van der Waals surface area contributed by atoms with Crippen LogP contribution in [0.2, 0.25) is 0 Å². The van der Waals surface area contributed by atoms with E-state index in [1.165, 1.54) is 0 Å². The molecule has 0 spiro atoms. The molecule has 9 heavy (non-hydrogen) atoms. The SMILES string of the molecule is OCc1[nH]ncc1CBr. The van der Waals surface area contributed by atoms with Crippen LogP contribution in [0, 0.1) is 0 Å². The number of aliphatic hydroxyl groups excluding tert-OH is 1. The molecule has 0 fully saturated rings. The summed E-state index contributed by atoms with van der Waals surface area (Å²) in [5, 5.41) is 15.8. The van der Waals surface area contributed by atoms with E-state index in [-0.39, 0.29) is 6.61 Å². The Morgan fingerprint density at radius 3 is 3.00 bits per heavy atom. The predicted octanol–water partition coefficient (Wildman–Crippen LogP) is 0.797. The van der Waals surface area contributed by atoms with Gasteiger partial charge in [-0.25, -0.2) is 0 Å². The Bertz CT molecular complexity index is 168. The van der Waals surface area contributed by atoms with E-state index >= 15 is 0 Å². The Morgan fingerprint density at radius 2 is 2.56 bits per heavy atom. The van der Waals surface area contributed by atoms with Gasteiger partial charge in [-0.2, -0.15) is 5.10 Å². The van der Waals surface area contributed by atoms with E-state index in [4.69, 9.17) is 5.11 Å². The number of aliphatic hydroxyl groups is 1. The van der Waals surface area contributed by atoms with Crippen LogP contribution in [0.4, 0.5) is 0 Å². The minimum atomic E-state index is 0.0287. The van der Waals surface area contributed by atoms with Crippen molar-refractivity contribution in [1.82, 2.24) is 10.2 Å². The Hall–Kier alpha value is -0.350. The summed E-state index contributed by atoms with van der Waals surface area (Å²) in [5.74, 6) is 0. The van der Waals surface area contributed by atoms with Crippen molar-refractivity contribution in [3.63, 3.8) is 0 Å². The molecule has 0 saturated carbocycles. The van der Waals surface area contributed by atoms with E-state index in [1.807, 2.05) is 0 Å². The first-order chi connectivity index (χ1) is 4.38. The van der Waals surface area contributed by atoms with Gasteiger partial charge in [-0.15, -0.1) is 0 Å². The zero-order valence-corrected chi connectivity index (χ0v) is 6.35. The third-order valence-electron chi connectivity index (χ3n) is 1.11. The van der Waals surface area contributed by atoms with Gasteiger partial charge >= 0.3 is 0 Å². The van der Waals surface area contributed by atoms with Crippen LogP contribution < -0.4 is 0 Å². The fourth-order valence-electron chi connectivity index (χ4n) is 0.590. The molecule has 0 aromatic carbocycles. The summed E-state index contributed by atoms with van der Waals surface area (Å²) in [5.41, 5.74) is 1.80. The maximum atomic E-state index is 8.65. The summed E-state index contributed by atoms with van der Waals surface area (Å²) in [4.78, 5) is 0. The lowest BCUT2D eigenvalue weighted by Gasteiger charge is -1.90. The number of hydrogen-bond donors (Lipinski definition) is 2. The third-order valence-corrected chi connectivity index (χ3v) is 1.71. The standard InChI is InChI=1S/C5H7BrN2O/c6-1-4-2-7-8-5(4)3-9/h2,9H,1,3H2,(H,7,8). The van der Waals surface area contributed by atoms with E-state index in [1.54, 1.807) is 6.20 Å². The van der Waals surface area contributed by atoms with Crippen LogP contribution in [0.5, 0.6) is 0 Å². The zero-order chi connectivity index (χ0) is 6.69.